The Morgan fingerprint density at radius 2 is 2.00 bits per heavy atom. The lowest BCUT2D eigenvalue weighted by atomic mass is 9.94. The van der Waals surface area contributed by atoms with Gasteiger partial charge < -0.3 is 15.7 Å². The van der Waals surface area contributed by atoms with Crippen molar-refractivity contribution >= 4 is 23.8 Å². The quantitative estimate of drug-likeness (QED) is 0.592. The molecule has 3 N–H and O–H groups in total. The molecule has 1 atom stereocenters. The minimum Gasteiger partial charge on any atom is -0.481 e. The summed E-state index contributed by atoms with van der Waals surface area (Å²) in [5.74, 6) is 1.17. The number of amides is 2. The molecule has 0 aromatic heterocycles. The van der Waals surface area contributed by atoms with Crippen LogP contribution in [0.25, 0.3) is 0 Å². The molecule has 18 heavy (non-hydrogen) atoms. The first-order valence-corrected chi connectivity index (χ1v) is 7.30. The molecule has 0 saturated heterocycles. The largest absolute Gasteiger partial charge is 0.481 e. The van der Waals surface area contributed by atoms with Gasteiger partial charge in [0.25, 0.3) is 0 Å². The van der Waals surface area contributed by atoms with Gasteiger partial charge in [0, 0.05) is 12.6 Å². The van der Waals surface area contributed by atoms with Gasteiger partial charge in [0.2, 0.25) is 0 Å². The highest BCUT2D eigenvalue weighted by Crippen LogP contribution is 2.12. The van der Waals surface area contributed by atoms with Crippen LogP contribution in [-0.4, -0.2) is 41.2 Å². The van der Waals surface area contributed by atoms with Gasteiger partial charge in [0.15, 0.2) is 0 Å². The number of urea groups is 1. The fraction of sp³-hybridized carbons (Fsp3) is 0.833. The fourth-order valence-electron chi connectivity index (χ4n) is 1.13. The maximum absolute atomic E-state index is 11.5. The van der Waals surface area contributed by atoms with E-state index < -0.39 is 11.4 Å². The van der Waals surface area contributed by atoms with Crippen molar-refractivity contribution < 1.29 is 14.7 Å². The minimum absolute atomic E-state index is 0.0944. The average molecular weight is 276 g/mol. The van der Waals surface area contributed by atoms with E-state index in [0.29, 0.717) is 0 Å². The number of nitrogens with one attached hydrogen (secondary N) is 2. The summed E-state index contributed by atoms with van der Waals surface area (Å²) in [6, 6.07) is -0.213. The van der Waals surface area contributed by atoms with E-state index in [2.05, 4.69) is 17.6 Å². The van der Waals surface area contributed by atoms with Gasteiger partial charge in [-0.25, -0.2) is 4.79 Å². The molecule has 1 unspecified atom stereocenters. The summed E-state index contributed by atoms with van der Waals surface area (Å²) in [7, 11) is 0. The number of carbonyl (C=O) groups is 2. The number of hydrogen-bond acceptors (Lipinski definition) is 3. The summed E-state index contributed by atoms with van der Waals surface area (Å²) in [6.07, 6.45) is 0.911. The lowest BCUT2D eigenvalue weighted by Gasteiger charge is -2.21. The summed E-state index contributed by atoms with van der Waals surface area (Å²) in [6.45, 7) is 7.32. The predicted octanol–water partition coefficient (Wildman–Crippen LogP) is 1.93. The first-order chi connectivity index (χ1) is 8.29. The lowest BCUT2D eigenvalue weighted by molar-refractivity contribution is -0.146. The summed E-state index contributed by atoms with van der Waals surface area (Å²) in [5.41, 5.74) is -0.946. The Bertz CT molecular complexity index is 282. The lowest BCUT2D eigenvalue weighted by Crippen LogP contribution is -2.46. The molecule has 0 fully saturated rings. The van der Waals surface area contributed by atoms with Crippen LogP contribution in [0.3, 0.4) is 0 Å². The van der Waals surface area contributed by atoms with E-state index in [1.165, 1.54) is 0 Å². The molecule has 0 radical (unpaired) electrons. The smallest absolute Gasteiger partial charge is 0.315 e. The Morgan fingerprint density at radius 3 is 2.50 bits per heavy atom. The summed E-state index contributed by atoms with van der Waals surface area (Å²) < 4.78 is 0. The maximum Gasteiger partial charge on any atom is 0.315 e. The topological polar surface area (TPSA) is 78.4 Å². The van der Waals surface area contributed by atoms with Crippen molar-refractivity contribution in [2.45, 2.75) is 40.2 Å². The Balaban J connectivity index is 3.87. The number of carbonyl (C=O) groups excluding carboxylic acids is 1. The van der Waals surface area contributed by atoms with E-state index in [1.807, 2.05) is 18.7 Å². The monoisotopic (exact) mass is 276 g/mol. The molecular formula is C12H24N2O3S. The molecule has 0 aliphatic carbocycles. The van der Waals surface area contributed by atoms with Gasteiger partial charge in [0.1, 0.15) is 0 Å². The molecule has 6 heteroatoms. The van der Waals surface area contributed by atoms with Crippen LogP contribution in [0.5, 0.6) is 0 Å². The average Bonchev–Trinajstić information content (AvgIpc) is 2.26. The van der Waals surface area contributed by atoms with Gasteiger partial charge in [0.05, 0.1) is 5.41 Å². The molecule has 5 nitrogen and oxygen atoms in total. The van der Waals surface area contributed by atoms with Crippen LogP contribution < -0.4 is 10.6 Å². The molecule has 0 aliphatic heterocycles. The van der Waals surface area contributed by atoms with Crippen LogP contribution in [0.15, 0.2) is 0 Å². The molecule has 0 heterocycles. The Morgan fingerprint density at radius 1 is 1.39 bits per heavy atom. The van der Waals surface area contributed by atoms with Crippen LogP contribution in [-0.2, 0) is 4.79 Å². The van der Waals surface area contributed by atoms with Crippen LogP contribution >= 0.6 is 11.8 Å². The minimum atomic E-state index is -0.946. The van der Waals surface area contributed by atoms with Gasteiger partial charge >= 0.3 is 12.0 Å². The Labute approximate surface area is 113 Å². The molecule has 0 bridgehead atoms. The van der Waals surface area contributed by atoms with E-state index >= 15 is 0 Å². The van der Waals surface area contributed by atoms with Crippen molar-refractivity contribution in [2.75, 3.05) is 18.1 Å². The first-order valence-electron chi connectivity index (χ1n) is 6.15. The highest BCUT2D eigenvalue weighted by Gasteiger charge is 2.27. The number of hydrogen-bond donors (Lipinski definition) is 3. The molecule has 0 rings (SSSR count). The van der Waals surface area contributed by atoms with Crippen LogP contribution in [0.2, 0.25) is 0 Å². The van der Waals surface area contributed by atoms with E-state index in [-0.39, 0.29) is 18.6 Å². The normalized spacial score (nSPS) is 12.9. The standard InChI is InChI=1S/C12H24N2O3S/c1-5-18-7-6-9(2)14-11(17)13-8-12(3,4)10(15)16/h9H,5-8H2,1-4H3,(H,15,16)(H2,13,14,17). The molecule has 0 saturated carbocycles. The number of rotatable bonds is 8. The van der Waals surface area contributed by atoms with Crippen LogP contribution in [0.1, 0.15) is 34.1 Å². The SMILES string of the molecule is CCSCCC(C)NC(=O)NCC(C)(C)C(=O)O. The summed E-state index contributed by atoms with van der Waals surface area (Å²) >= 11 is 1.84. The molecule has 0 aliphatic rings. The van der Waals surface area contributed by atoms with E-state index in [0.717, 1.165) is 17.9 Å². The van der Waals surface area contributed by atoms with Gasteiger partial charge in [-0.15, -0.1) is 0 Å². The third-order valence-electron chi connectivity index (χ3n) is 2.55. The van der Waals surface area contributed by atoms with Crippen LogP contribution in [0, 0.1) is 5.41 Å². The van der Waals surface area contributed by atoms with Crippen LogP contribution in [0.4, 0.5) is 4.79 Å². The zero-order chi connectivity index (χ0) is 14.2. The van der Waals surface area contributed by atoms with Crippen molar-refractivity contribution in [3.8, 4) is 0 Å². The second kappa shape index (κ2) is 8.24. The zero-order valence-electron chi connectivity index (χ0n) is 11.6. The Hall–Kier alpha value is -0.910. The third kappa shape index (κ3) is 7.42. The van der Waals surface area contributed by atoms with Crippen molar-refractivity contribution in [3.63, 3.8) is 0 Å². The second-order valence-electron chi connectivity index (χ2n) is 4.90. The summed E-state index contributed by atoms with van der Waals surface area (Å²) in [4.78, 5) is 22.4. The molecule has 0 spiro atoms. The van der Waals surface area contributed by atoms with Crippen molar-refractivity contribution in [1.29, 1.82) is 0 Å². The number of carboxylic acids is 1. The fourth-order valence-corrected chi connectivity index (χ4v) is 1.94. The highest BCUT2D eigenvalue weighted by molar-refractivity contribution is 7.99. The zero-order valence-corrected chi connectivity index (χ0v) is 12.4. The van der Waals surface area contributed by atoms with Crippen molar-refractivity contribution in [3.05, 3.63) is 0 Å². The first kappa shape index (κ1) is 17.1. The number of carboxylic acid groups (broad SMARTS) is 1. The maximum atomic E-state index is 11.5. The van der Waals surface area contributed by atoms with Gasteiger partial charge in [-0.2, -0.15) is 11.8 Å². The van der Waals surface area contributed by atoms with E-state index in [1.54, 1.807) is 13.8 Å². The van der Waals surface area contributed by atoms with Gasteiger partial charge in [-0.1, -0.05) is 6.92 Å². The Kier molecular flexibility index (Phi) is 7.82. The molecular weight excluding hydrogens is 252 g/mol. The molecule has 0 aromatic carbocycles. The van der Waals surface area contributed by atoms with E-state index in [4.69, 9.17) is 5.11 Å². The van der Waals surface area contributed by atoms with Gasteiger partial charge in [-0.3, -0.25) is 4.79 Å². The predicted molar refractivity (Wildman–Crippen MR) is 75.0 cm³/mol. The number of thioether (sulfide) groups is 1. The van der Waals surface area contributed by atoms with Crippen molar-refractivity contribution in [2.24, 2.45) is 5.41 Å². The highest BCUT2D eigenvalue weighted by atomic mass is 32.2. The number of aliphatic carboxylic acids is 1. The van der Waals surface area contributed by atoms with Crippen molar-refractivity contribution in [1.82, 2.24) is 10.6 Å². The third-order valence-corrected chi connectivity index (χ3v) is 3.48. The summed E-state index contributed by atoms with van der Waals surface area (Å²) in [5, 5.41) is 14.3. The molecule has 106 valence electrons. The second-order valence-corrected chi connectivity index (χ2v) is 6.30. The van der Waals surface area contributed by atoms with E-state index in [9.17, 15) is 9.59 Å². The molecule has 0 aromatic rings. The molecule has 2 amide bonds. The van der Waals surface area contributed by atoms with Gasteiger partial charge in [-0.05, 0) is 38.7 Å².